The van der Waals surface area contributed by atoms with E-state index in [0.717, 1.165) is 22.5 Å². The van der Waals surface area contributed by atoms with Crippen LogP contribution in [0.25, 0.3) is 17.2 Å². The average molecular weight is 470 g/mol. The Kier molecular flexibility index (Phi) is 5.65. The van der Waals surface area contributed by atoms with Gasteiger partial charge < -0.3 is 10.6 Å². The Hall–Kier alpha value is -4.30. The summed E-state index contributed by atoms with van der Waals surface area (Å²) >= 11 is 6.18. The van der Waals surface area contributed by atoms with Gasteiger partial charge in [0.25, 0.3) is 11.7 Å². The van der Waals surface area contributed by atoms with E-state index in [0.29, 0.717) is 33.7 Å². The lowest BCUT2D eigenvalue weighted by atomic mass is 10.1. The number of carbonyl (C=O) groups excluding carboxylic acids is 1. The second-order valence-electron chi connectivity index (χ2n) is 7.80. The van der Waals surface area contributed by atoms with Crippen molar-refractivity contribution in [2.75, 3.05) is 10.6 Å². The van der Waals surface area contributed by atoms with E-state index >= 15 is 0 Å². The first-order valence-electron chi connectivity index (χ1n) is 10.6. The van der Waals surface area contributed by atoms with Crippen LogP contribution in [0.5, 0.6) is 0 Å². The van der Waals surface area contributed by atoms with Crippen LogP contribution in [0.15, 0.2) is 73.1 Å². The molecule has 0 saturated heterocycles. The van der Waals surface area contributed by atoms with E-state index in [-0.39, 0.29) is 5.91 Å². The van der Waals surface area contributed by atoms with Crippen LogP contribution in [0, 0.1) is 13.8 Å². The molecule has 3 heterocycles. The van der Waals surface area contributed by atoms with Crippen LogP contribution >= 0.6 is 11.6 Å². The monoisotopic (exact) mass is 469 g/mol. The zero-order valence-corrected chi connectivity index (χ0v) is 19.2. The molecule has 34 heavy (non-hydrogen) atoms. The van der Waals surface area contributed by atoms with Crippen molar-refractivity contribution in [1.82, 2.24) is 24.6 Å². The normalized spacial score (nSPS) is 10.9. The fourth-order valence-electron chi connectivity index (χ4n) is 3.45. The molecule has 168 valence electrons. The molecule has 2 aromatic carbocycles. The molecule has 9 heteroatoms. The molecule has 0 aliphatic rings. The van der Waals surface area contributed by atoms with Gasteiger partial charge in [-0.3, -0.25) is 9.78 Å². The summed E-state index contributed by atoms with van der Waals surface area (Å²) in [6.07, 6.45) is 3.41. The SMILES string of the molecule is Cc1cc(Nc2cccc(C(=O)Nc3ccc(C)c(Cl)c3)c2)n2nc(-c3cccnc3)nc2n1. The molecule has 3 aromatic heterocycles. The third-order valence-corrected chi connectivity index (χ3v) is 5.59. The van der Waals surface area contributed by atoms with Gasteiger partial charge in [-0.05, 0) is 61.9 Å². The third kappa shape index (κ3) is 4.44. The van der Waals surface area contributed by atoms with Gasteiger partial charge in [0.2, 0.25) is 0 Å². The van der Waals surface area contributed by atoms with Crippen molar-refractivity contribution in [2.24, 2.45) is 0 Å². The van der Waals surface area contributed by atoms with Crippen molar-refractivity contribution >= 4 is 40.5 Å². The van der Waals surface area contributed by atoms with Gasteiger partial charge in [0.15, 0.2) is 5.82 Å². The van der Waals surface area contributed by atoms with Crippen LogP contribution < -0.4 is 10.6 Å². The number of aryl methyl sites for hydroxylation is 2. The second kappa shape index (κ2) is 8.92. The molecule has 0 spiro atoms. The number of fused-ring (bicyclic) bond motifs is 1. The van der Waals surface area contributed by atoms with E-state index in [2.05, 4.69) is 30.7 Å². The molecule has 5 rings (SSSR count). The molecule has 0 unspecified atom stereocenters. The minimum Gasteiger partial charge on any atom is -0.340 e. The summed E-state index contributed by atoms with van der Waals surface area (Å²) in [5.41, 5.74) is 4.38. The molecule has 1 amide bonds. The molecule has 0 aliphatic carbocycles. The van der Waals surface area contributed by atoms with Crippen molar-refractivity contribution in [3.05, 3.63) is 94.9 Å². The Morgan fingerprint density at radius 3 is 2.65 bits per heavy atom. The highest BCUT2D eigenvalue weighted by molar-refractivity contribution is 6.31. The molecule has 5 aromatic rings. The Morgan fingerprint density at radius 2 is 1.85 bits per heavy atom. The molecule has 0 saturated carbocycles. The summed E-state index contributed by atoms with van der Waals surface area (Å²) in [5.74, 6) is 1.43. The number of nitrogens with zero attached hydrogens (tertiary/aromatic N) is 5. The minimum absolute atomic E-state index is 0.237. The maximum atomic E-state index is 12.8. The van der Waals surface area contributed by atoms with Gasteiger partial charge in [0, 0.05) is 51.7 Å². The number of benzene rings is 2. The van der Waals surface area contributed by atoms with Crippen LogP contribution in [0.4, 0.5) is 17.2 Å². The number of amides is 1. The van der Waals surface area contributed by atoms with Crippen LogP contribution in [0.1, 0.15) is 21.6 Å². The topological polar surface area (TPSA) is 97.1 Å². The minimum atomic E-state index is -0.237. The number of nitrogens with one attached hydrogen (secondary N) is 2. The number of rotatable bonds is 5. The van der Waals surface area contributed by atoms with Crippen molar-refractivity contribution in [3.63, 3.8) is 0 Å². The zero-order valence-electron chi connectivity index (χ0n) is 18.5. The molecule has 0 bridgehead atoms. The van der Waals surface area contributed by atoms with E-state index in [9.17, 15) is 4.79 Å². The highest BCUT2D eigenvalue weighted by Gasteiger charge is 2.13. The van der Waals surface area contributed by atoms with Gasteiger partial charge in [0.1, 0.15) is 5.82 Å². The lowest BCUT2D eigenvalue weighted by Crippen LogP contribution is -2.12. The second-order valence-corrected chi connectivity index (χ2v) is 8.20. The first kappa shape index (κ1) is 21.5. The highest BCUT2D eigenvalue weighted by Crippen LogP contribution is 2.23. The lowest BCUT2D eigenvalue weighted by Gasteiger charge is -2.11. The maximum absolute atomic E-state index is 12.8. The zero-order chi connectivity index (χ0) is 23.7. The predicted octanol–water partition coefficient (Wildman–Crippen LogP) is 5.45. The molecule has 2 N–H and O–H groups in total. The quantitative estimate of drug-likeness (QED) is 0.355. The Labute approximate surface area is 200 Å². The summed E-state index contributed by atoms with van der Waals surface area (Å²) in [6.45, 7) is 3.80. The predicted molar refractivity (Wildman–Crippen MR) is 133 cm³/mol. The van der Waals surface area contributed by atoms with Crippen LogP contribution in [-0.2, 0) is 0 Å². The van der Waals surface area contributed by atoms with Crippen molar-refractivity contribution < 1.29 is 4.79 Å². The van der Waals surface area contributed by atoms with E-state index in [1.807, 2.05) is 56.3 Å². The first-order chi connectivity index (χ1) is 16.5. The number of halogens is 1. The molecule has 0 aliphatic heterocycles. The molecule has 0 atom stereocenters. The standard InChI is InChI=1S/C25H20ClN7O/c1-15-8-9-20(13-21(15)26)30-24(34)17-5-3-7-19(12-17)29-22-11-16(2)28-25-31-23(32-33(22)25)18-6-4-10-27-14-18/h3-14,29H,1-2H3,(H,30,34). The van der Waals surface area contributed by atoms with Crippen LogP contribution in [-0.4, -0.2) is 30.5 Å². The number of anilines is 3. The molecular formula is C25H20ClN7O. The van der Waals surface area contributed by atoms with Crippen molar-refractivity contribution in [2.45, 2.75) is 13.8 Å². The number of aromatic nitrogens is 5. The number of hydrogen-bond donors (Lipinski definition) is 2. The average Bonchev–Trinajstić information content (AvgIpc) is 3.26. The Morgan fingerprint density at radius 1 is 0.971 bits per heavy atom. The summed E-state index contributed by atoms with van der Waals surface area (Å²) in [6, 6.07) is 18.2. The van der Waals surface area contributed by atoms with E-state index < -0.39 is 0 Å². The highest BCUT2D eigenvalue weighted by atomic mass is 35.5. The molecule has 0 radical (unpaired) electrons. The van der Waals surface area contributed by atoms with Gasteiger partial charge in [-0.1, -0.05) is 23.7 Å². The first-order valence-corrected chi connectivity index (χ1v) is 10.9. The Balaban J connectivity index is 1.43. The Bertz CT molecular complexity index is 1520. The number of carbonyl (C=O) groups is 1. The summed E-state index contributed by atoms with van der Waals surface area (Å²) in [5, 5.41) is 11.4. The van der Waals surface area contributed by atoms with Gasteiger partial charge in [0.05, 0.1) is 0 Å². The van der Waals surface area contributed by atoms with Crippen LogP contribution in [0.2, 0.25) is 5.02 Å². The molecule has 8 nitrogen and oxygen atoms in total. The maximum Gasteiger partial charge on any atom is 0.255 e. The largest absolute Gasteiger partial charge is 0.340 e. The summed E-state index contributed by atoms with van der Waals surface area (Å²) < 4.78 is 1.64. The van der Waals surface area contributed by atoms with Crippen molar-refractivity contribution in [1.29, 1.82) is 0 Å². The van der Waals surface area contributed by atoms with Crippen LogP contribution in [0.3, 0.4) is 0 Å². The fraction of sp³-hybridized carbons (Fsp3) is 0.0800. The van der Waals surface area contributed by atoms with Crippen molar-refractivity contribution in [3.8, 4) is 11.4 Å². The fourth-order valence-corrected chi connectivity index (χ4v) is 3.63. The summed E-state index contributed by atoms with van der Waals surface area (Å²) in [4.78, 5) is 26.0. The third-order valence-electron chi connectivity index (χ3n) is 5.19. The molecule has 0 fully saturated rings. The lowest BCUT2D eigenvalue weighted by molar-refractivity contribution is 0.102. The van der Waals surface area contributed by atoms with E-state index in [1.54, 1.807) is 35.1 Å². The van der Waals surface area contributed by atoms with Gasteiger partial charge in [-0.2, -0.15) is 9.50 Å². The summed E-state index contributed by atoms with van der Waals surface area (Å²) in [7, 11) is 0. The smallest absolute Gasteiger partial charge is 0.255 e. The van der Waals surface area contributed by atoms with Gasteiger partial charge >= 0.3 is 0 Å². The van der Waals surface area contributed by atoms with Gasteiger partial charge in [-0.15, -0.1) is 5.10 Å². The van der Waals surface area contributed by atoms with E-state index in [1.165, 1.54) is 0 Å². The number of pyridine rings is 1. The molecular weight excluding hydrogens is 450 g/mol. The number of hydrogen-bond acceptors (Lipinski definition) is 6. The van der Waals surface area contributed by atoms with Gasteiger partial charge in [-0.25, -0.2) is 4.98 Å². The van der Waals surface area contributed by atoms with E-state index in [4.69, 9.17) is 11.6 Å².